The van der Waals surface area contributed by atoms with Crippen molar-refractivity contribution in [3.63, 3.8) is 0 Å². The molecule has 1 saturated carbocycles. The second-order valence-electron chi connectivity index (χ2n) is 6.79. The third-order valence-electron chi connectivity index (χ3n) is 5.25. The molecular weight excluding hydrogens is 292 g/mol. The van der Waals surface area contributed by atoms with Gasteiger partial charge in [0.1, 0.15) is 11.7 Å². The highest BCUT2D eigenvalue weighted by atomic mass is 16.8. The molecule has 2 aliphatic heterocycles. The Hall–Kier alpha value is -0.320. The summed E-state index contributed by atoms with van der Waals surface area (Å²) in [6.07, 6.45) is -2.78. The van der Waals surface area contributed by atoms with Crippen molar-refractivity contribution in [1.29, 1.82) is 0 Å². The minimum Gasteiger partial charge on any atom is -0.390 e. The van der Waals surface area contributed by atoms with Crippen LogP contribution in [0, 0.1) is 0 Å². The molecule has 2 heterocycles. The zero-order valence-corrected chi connectivity index (χ0v) is 12.9. The lowest BCUT2D eigenvalue weighted by molar-refractivity contribution is -0.477. The number of hydrogen-bond acceptors (Lipinski definition) is 8. The predicted molar refractivity (Wildman–Crippen MR) is 75.5 cm³/mol. The summed E-state index contributed by atoms with van der Waals surface area (Å²) >= 11 is 0. The SMILES string of the molecule is CC[C@]1(O)C[C@@H](C)OC2OC3C[C@H](N)[C@H](O)[C@H](N)C3O[C@]21O. The average Bonchev–Trinajstić information content (AvgIpc) is 2.46. The summed E-state index contributed by atoms with van der Waals surface area (Å²) in [6.45, 7) is 3.56. The maximum atomic E-state index is 10.9. The maximum Gasteiger partial charge on any atom is 0.248 e. The molecule has 0 aromatic heterocycles. The van der Waals surface area contributed by atoms with Crippen LogP contribution in [-0.2, 0) is 14.2 Å². The summed E-state index contributed by atoms with van der Waals surface area (Å²) in [5.41, 5.74) is 10.3. The summed E-state index contributed by atoms with van der Waals surface area (Å²) in [5.74, 6) is -2.02. The minimum atomic E-state index is -2.02. The first-order valence-electron chi connectivity index (χ1n) is 7.84. The Morgan fingerprint density at radius 3 is 2.55 bits per heavy atom. The second kappa shape index (κ2) is 5.35. The van der Waals surface area contributed by atoms with Crippen LogP contribution < -0.4 is 11.5 Å². The van der Waals surface area contributed by atoms with E-state index < -0.39 is 48.1 Å². The molecule has 3 unspecified atom stereocenters. The molecule has 8 nitrogen and oxygen atoms in total. The van der Waals surface area contributed by atoms with Gasteiger partial charge in [-0.25, -0.2) is 0 Å². The van der Waals surface area contributed by atoms with Gasteiger partial charge in [0.2, 0.25) is 12.1 Å². The van der Waals surface area contributed by atoms with Crippen LogP contribution in [0.4, 0.5) is 0 Å². The highest BCUT2D eigenvalue weighted by Gasteiger charge is 2.66. The van der Waals surface area contributed by atoms with Crippen molar-refractivity contribution in [2.45, 2.75) is 87.3 Å². The molecule has 2 saturated heterocycles. The molecule has 0 bridgehead atoms. The quantitative estimate of drug-likeness (QED) is 0.380. The van der Waals surface area contributed by atoms with Crippen LogP contribution in [0.25, 0.3) is 0 Å². The second-order valence-corrected chi connectivity index (χ2v) is 6.79. The van der Waals surface area contributed by atoms with Gasteiger partial charge < -0.3 is 41.0 Å². The summed E-state index contributed by atoms with van der Waals surface area (Å²) in [7, 11) is 0. The van der Waals surface area contributed by atoms with E-state index in [4.69, 9.17) is 25.7 Å². The normalized spacial score (nSPS) is 58.8. The van der Waals surface area contributed by atoms with Crippen LogP contribution in [-0.4, -0.2) is 69.5 Å². The summed E-state index contributed by atoms with van der Waals surface area (Å²) in [6, 6.07) is -1.34. The van der Waals surface area contributed by atoms with Crippen molar-refractivity contribution < 1.29 is 29.5 Å². The van der Waals surface area contributed by atoms with E-state index >= 15 is 0 Å². The van der Waals surface area contributed by atoms with E-state index in [2.05, 4.69) is 0 Å². The van der Waals surface area contributed by atoms with Crippen molar-refractivity contribution in [2.75, 3.05) is 0 Å². The lowest BCUT2D eigenvalue weighted by Crippen LogP contribution is -2.77. The van der Waals surface area contributed by atoms with E-state index in [0.29, 0.717) is 6.42 Å². The highest BCUT2D eigenvalue weighted by molar-refractivity contribution is 5.08. The molecule has 128 valence electrons. The Morgan fingerprint density at radius 2 is 1.91 bits per heavy atom. The summed E-state index contributed by atoms with van der Waals surface area (Å²) in [4.78, 5) is 0. The van der Waals surface area contributed by atoms with Gasteiger partial charge in [-0.1, -0.05) is 6.92 Å². The summed E-state index contributed by atoms with van der Waals surface area (Å²) in [5, 5.41) is 31.8. The first kappa shape index (κ1) is 16.5. The van der Waals surface area contributed by atoms with Gasteiger partial charge in [0, 0.05) is 12.5 Å². The van der Waals surface area contributed by atoms with Gasteiger partial charge in [0.15, 0.2) is 0 Å². The Kier molecular flexibility index (Phi) is 4.02. The molecule has 22 heavy (non-hydrogen) atoms. The number of aliphatic hydroxyl groups excluding tert-OH is 1. The zero-order chi connectivity index (χ0) is 16.3. The van der Waals surface area contributed by atoms with E-state index in [1.165, 1.54) is 0 Å². The molecule has 0 aromatic carbocycles. The molecule has 0 spiro atoms. The first-order valence-corrected chi connectivity index (χ1v) is 7.84. The van der Waals surface area contributed by atoms with Crippen molar-refractivity contribution in [1.82, 2.24) is 0 Å². The lowest BCUT2D eigenvalue weighted by Gasteiger charge is -2.58. The maximum absolute atomic E-state index is 10.9. The fourth-order valence-corrected chi connectivity index (χ4v) is 3.80. The van der Waals surface area contributed by atoms with Gasteiger partial charge in [-0.15, -0.1) is 0 Å². The number of ether oxygens (including phenoxy) is 3. The van der Waals surface area contributed by atoms with Gasteiger partial charge in [0.25, 0.3) is 0 Å². The van der Waals surface area contributed by atoms with Crippen molar-refractivity contribution >= 4 is 0 Å². The van der Waals surface area contributed by atoms with E-state index in [0.717, 1.165) is 0 Å². The molecule has 1 aliphatic carbocycles. The van der Waals surface area contributed by atoms with Gasteiger partial charge >= 0.3 is 0 Å². The molecule has 3 fully saturated rings. The van der Waals surface area contributed by atoms with Crippen LogP contribution >= 0.6 is 0 Å². The van der Waals surface area contributed by atoms with Crippen LogP contribution in [0.5, 0.6) is 0 Å². The molecule has 7 N–H and O–H groups in total. The number of aliphatic hydroxyl groups is 3. The largest absolute Gasteiger partial charge is 0.390 e. The number of fused-ring (bicyclic) bond motifs is 2. The Balaban J connectivity index is 1.91. The van der Waals surface area contributed by atoms with E-state index in [-0.39, 0.29) is 18.9 Å². The molecule has 0 amide bonds. The van der Waals surface area contributed by atoms with E-state index in [1.54, 1.807) is 13.8 Å². The fourth-order valence-electron chi connectivity index (χ4n) is 3.80. The average molecular weight is 318 g/mol. The third-order valence-corrected chi connectivity index (χ3v) is 5.25. The van der Waals surface area contributed by atoms with Crippen molar-refractivity contribution in [3.8, 4) is 0 Å². The van der Waals surface area contributed by atoms with Crippen LogP contribution in [0.3, 0.4) is 0 Å². The number of rotatable bonds is 1. The van der Waals surface area contributed by atoms with Crippen LogP contribution in [0.15, 0.2) is 0 Å². The topological polar surface area (TPSA) is 140 Å². The number of hydrogen-bond donors (Lipinski definition) is 5. The predicted octanol–water partition coefficient (Wildman–Crippen LogP) is -1.85. The molecule has 3 rings (SSSR count). The molecular formula is C14H26N2O6. The highest BCUT2D eigenvalue weighted by Crippen LogP contribution is 2.47. The fraction of sp³-hybridized carbons (Fsp3) is 1.00. The smallest absolute Gasteiger partial charge is 0.248 e. The zero-order valence-electron chi connectivity index (χ0n) is 12.9. The van der Waals surface area contributed by atoms with Crippen molar-refractivity contribution in [2.24, 2.45) is 11.5 Å². The van der Waals surface area contributed by atoms with Crippen LogP contribution in [0.2, 0.25) is 0 Å². The van der Waals surface area contributed by atoms with Gasteiger partial charge in [-0.05, 0) is 19.8 Å². The molecule has 9 atom stereocenters. The first-order chi connectivity index (χ1) is 10.2. The van der Waals surface area contributed by atoms with Crippen LogP contribution in [0.1, 0.15) is 33.1 Å². The van der Waals surface area contributed by atoms with Crippen molar-refractivity contribution in [3.05, 3.63) is 0 Å². The molecule has 3 aliphatic rings. The monoisotopic (exact) mass is 318 g/mol. The van der Waals surface area contributed by atoms with E-state index in [9.17, 15) is 15.3 Å². The Morgan fingerprint density at radius 1 is 1.23 bits per heavy atom. The lowest BCUT2D eigenvalue weighted by atomic mass is 9.78. The number of nitrogens with two attached hydrogens (primary N) is 2. The van der Waals surface area contributed by atoms with Gasteiger partial charge in [-0.3, -0.25) is 0 Å². The third kappa shape index (κ3) is 2.22. The standard InChI is InChI=1S/C14H26N2O6/c1-3-13(18)5-6(2)20-12-14(13,19)22-11-8(21-12)4-7(15)10(17)9(11)16/h6-12,17-19H,3-5,15-16H2,1-2H3/t6-,7+,8?,9+,10+,11?,12?,13+,14-/m1/s1. The summed E-state index contributed by atoms with van der Waals surface area (Å²) < 4.78 is 17.2. The Bertz CT molecular complexity index is 440. The minimum absolute atomic E-state index is 0.217. The Labute approximate surface area is 129 Å². The molecule has 8 heteroatoms. The van der Waals surface area contributed by atoms with Gasteiger partial charge in [0.05, 0.1) is 24.4 Å². The van der Waals surface area contributed by atoms with E-state index in [1.807, 2.05) is 0 Å². The molecule has 0 aromatic rings. The van der Waals surface area contributed by atoms with Gasteiger partial charge in [-0.2, -0.15) is 0 Å². The molecule has 0 radical (unpaired) electrons.